The van der Waals surface area contributed by atoms with Gasteiger partial charge in [-0.3, -0.25) is 0 Å². The molecule has 1 heterocycles. The zero-order valence-electron chi connectivity index (χ0n) is 11.5. The first-order valence-corrected chi connectivity index (χ1v) is 7.19. The van der Waals surface area contributed by atoms with E-state index in [4.69, 9.17) is 4.42 Å². The van der Waals surface area contributed by atoms with Gasteiger partial charge in [0.05, 0.1) is 6.04 Å². The van der Waals surface area contributed by atoms with Crippen molar-refractivity contribution in [2.24, 2.45) is 17.8 Å². The molecule has 0 aliphatic heterocycles. The van der Waals surface area contributed by atoms with Crippen LogP contribution in [0.3, 0.4) is 0 Å². The van der Waals surface area contributed by atoms with E-state index >= 15 is 0 Å². The van der Waals surface area contributed by atoms with Gasteiger partial charge < -0.3 is 9.73 Å². The van der Waals surface area contributed by atoms with Crippen LogP contribution in [0.5, 0.6) is 0 Å². The second kappa shape index (κ2) is 6.60. The highest BCUT2D eigenvalue weighted by Gasteiger charge is 2.19. The molecule has 0 fully saturated rings. The third-order valence-corrected chi connectivity index (χ3v) is 3.82. The van der Waals surface area contributed by atoms with Crippen LogP contribution in [0.4, 0.5) is 0 Å². The number of furan rings is 1. The maximum absolute atomic E-state index is 5.55. The number of halogens is 1. The minimum absolute atomic E-state index is 0.265. The Kier molecular flexibility index (Phi) is 5.74. The molecule has 0 aliphatic rings. The number of hydrogen-bond donors (Lipinski definition) is 1. The molecule has 1 atom stereocenters. The summed E-state index contributed by atoms with van der Waals surface area (Å²) in [5.74, 6) is 3.11. The minimum Gasteiger partial charge on any atom is -0.453 e. The van der Waals surface area contributed by atoms with Gasteiger partial charge in [-0.25, -0.2) is 0 Å². The van der Waals surface area contributed by atoms with Gasteiger partial charge in [0.25, 0.3) is 0 Å². The van der Waals surface area contributed by atoms with Gasteiger partial charge in [0.1, 0.15) is 5.76 Å². The molecule has 2 nitrogen and oxygen atoms in total. The van der Waals surface area contributed by atoms with Crippen molar-refractivity contribution < 1.29 is 4.42 Å². The molecule has 0 aliphatic carbocycles. The van der Waals surface area contributed by atoms with Gasteiger partial charge >= 0.3 is 0 Å². The number of nitrogens with one attached hydrogen (secondary N) is 1. The number of hydrogen-bond acceptors (Lipinski definition) is 2. The monoisotopic (exact) mass is 301 g/mol. The van der Waals surface area contributed by atoms with Crippen LogP contribution in [-0.4, -0.2) is 6.54 Å². The normalized spacial score (nSPS) is 13.9. The number of rotatable bonds is 6. The van der Waals surface area contributed by atoms with Gasteiger partial charge in [0.2, 0.25) is 0 Å². The Bertz CT molecular complexity index is 325. The molecule has 0 saturated heterocycles. The second-order valence-corrected chi connectivity index (χ2v) is 6.21. The van der Waals surface area contributed by atoms with E-state index in [1.807, 2.05) is 12.1 Å². The first-order chi connectivity index (χ1) is 7.91. The van der Waals surface area contributed by atoms with Crippen molar-refractivity contribution in [1.29, 1.82) is 0 Å². The summed E-state index contributed by atoms with van der Waals surface area (Å²) in [4.78, 5) is 0. The fourth-order valence-corrected chi connectivity index (χ4v) is 2.53. The molecular formula is C14H24BrNO. The molecule has 0 aromatic carbocycles. The Morgan fingerprint density at radius 1 is 1.12 bits per heavy atom. The van der Waals surface area contributed by atoms with Crippen molar-refractivity contribution in [3.63, 3.8) is 0 Å². The zero-order chi connectivity index (χ0) is 13.0. The van der Waals surface area contributed by atoms with E-state index in [1.54, 1.807) is 0 Å². The van der Waals surface area contributed by atoms with Crippen molar-refractivity contribution >= 4 is 15.9 Å². The van der Waals surface area contributed by atoms with E-state index < -0.39 is 0 Å². The maximum Gasteiger partial charge on any atom is 0.169 e. The molecule has 1 unspecified atom stereocenters. The first-order valence-electron chi connectivity index (χ1n) is 6.40. The lowest BCUT2D eigenvalue weighted by Crippen LogP contribution is -2.31. The van der Waals surface area contributed by atoms with E-state index in [0.29, 0.717) is 17.8 Å². The van der Waals surface area contributed by atoms with Crippen LogP contribution in [0, 0.1) is 17.8 Å². The summed E-state index contributed by atoms with van der Waals surface area (Å²) in [5.41, 5.74) is 0. The fourth-order valence-electron chi connectivity index (χ4n) is 2.22. The summed E-state index contributed by atoms with van der Waals surface area (Å²) in [7, 11) is 0. The second-order valence-electron chi connectivity index (χ2n) is 5.42. The quantitative estimate of drug-likeness (QED) is 0.829. The molecule has 0 bridgehead atoms. The third kappa shape index (κ3) is 4.47. The fraction of sp³-hybridized carbons (Fsp3) is 0.714. The highest BCUT2D eigenvalue weighted by atomic mass is 79.9. The zero-order valence-corrected chi connectivity index (χ0v) is 13.0. The van der Waals surface area contributed by atoms with Gasteiger partial charge in [0.15, 0.2) is 4.67 Å². The smallest absolute Gasteiger partial charge is 0.169 e. The predicted octanol–water partition coefficient (Wildman–Crippen LogP) is 4.62. The van der Waals surface area contributed by atoms with Crippen LogP contribution < -0.4 is 5.32 Å². The Hall–Kier alpha value is -0.280. The molecule has 3 heteroatoms. The summed E-state index contributed by atoms with van der Waals surface area (Å²) in [6, 6.07) is 4.22. The van der Waals surface area contributed by atoms with Crippen LogP contribution in [-0.2, 0) is 0 Å². The Labute approximate surface area is 113 Å². The largest absolute Gasteiger partial charge is 0.453 e. The maximum atomic E-state index is 5.55. The molecule has 1 N–H and O–H groups in total. The minimum atomic E-state index is 0.265. The summed E-state index contributed by atoms with van der Waals surface area (Å²) in [6.07, 6.45) is 0. The lowest BCUT2D eigenvalue weighted by Gasteiger charge is -2.26. The molecule has 1 rings (SSSR count). The standard InChI is InChI=1S/C14H24BrNO/c1-9(2)12(10(3)4)8-16-11(5)13-6-7-14(15)17-13/h6-7,9-12,16H,8H2,1-5H3. The summed E-state index contributed by atoms with van der Waals surface area (Å²) >= 11 is 3.33. The molecule has 0 amide bonds. The summed E-state index contributed by atoms with van der Waals surface area (Å²) in [5, 5.41) is 3.56. The molecule has 1 aromatic rings. The van der Waals surface area contributed by atoms with Gasteiger partial charge in [0, 0.05) is 0 Å². The molecule has 0 saturated carbocycles. The van der Waals surface area contributed by atoms with Gasteiger partial charge in [-0.05, 0) is 59.3 Å². The van der Waals surface area contributed by atoms with Crippen molar-refractivity contribution in [1.82, 2.24) is 5.32 Å². The van der Waals surface area contributed by atoms with Crippen molar-refractivity contribution in [2.75, 3.05) is 6.54 Å². The SMILES string of the molecule is CC(NCC(C(C)C)C(C)C)c1ccc(Br)o1. The summed E-state index contributed by atoms with van der Waals surface area (Å²) < 4.78 is 6.35. The van der Waals surface area contributed by atoms with E-state index in [2.05, 4.69) is 55.9 Å². The first kappa shape index (κ1) is 14.8. The highest BCUT2D eigenvalue weighted by molar-refractivity contribution is 9.10. The van der Waals surface area contributed by atoms with Crippen molar-refractivity contribution in [3.05, 3.63) is 22.6 Å². The van der Waals surface area contributed by atoms with Crippen LogP contribution >= 0.6 is 15.9 Å². The molecule has 1 aromatic heterocycles. The van der Waals surface area contributed by atoms with E-state index in [-0.39, 0.29) is 6.04 Å². The van der Waals surface area contributed by atoms with Crippen LogP contribution in [0.25, 0.3) is 0 Å². The molecule has 98 valence electrons. The van der Waals surface area contributed by atoms with E-state index in [0.717, 1.165) is 17.0 Å². The predicted molar refractivity (Wildman–Crippen MR) is 76.0 cm³/mol. The molecule has 0 spiro atoms. The lowest BCUT2D eigenvalue weighted by molar-refractivity contribution is 0.262. The van der Waals surface area contributed by atoms with Gasteiger partial charge in [-0.1, -0.05) is 27.7 Å². The Morgan fingerprint density at radius 2 is 1.71 bits per heavy atom. The summed E-state index contributed by atoms with van der Waals surface area (Å²) in [6.45, 7) is 12.3. The van der Waals surface area contributed by atoms with Crippen LogP contribution in [0.1, 0.15) is 46.4 Å². The average Bonchev–Trinajstić information content (AvgIpc) is 2.63. The van der Waals surface area contributed by atoms with Crippen LogP contribution in [0.2, 0.25) is 0 Å². The van der Waals surface area contributed by atoms with Crippen LogP contribution in [0.15, 0.2) is 21.2 Å². The molecule has 17 heavy (non-hydrogen) atoms. The molecule has 0 radical (unpaired) electrons. The van der Waals surface area contributed by atoms with Gasteiger partial charge in [-0.15, -0.1) is 0 Å². The van der Waals surface area contributed by atoms with Crippen molar-refractivity contribution in [2.45, 2.75) is 40.7 Å². The van der Waals surface area contributed by atoms with E-state index in [1.165, 1.54) is 0 Å². The van der Waals surface area contributed by atoms with Crippen molar-refractivity contribution in [3.8, 4) is 0 Å². The van der Waals surface area contributed by atoms with E-state index in [9.17, 15) is 0 Å². The lowest BCUT2D eigenvalue weighted by atomic mass is 9.85. The Balaban J connectivity index is 2.49. The average molecular weight is 302 g/mol. The Morgan fingerprint density at radius 3 is 2.12 bits per heavy atom. The van der Waals surface area contributed by atoms with Gasteiger partial charge in [-0.2, -0.15) is 0 Å². The topological polar surface area (TPSA) is 25.2 Å². The highest BCUT2D eigenvalue weighted by Crippen LogP contribution is 2.23. The third-order valence-electron chi connectivity index (χ3n) is 3.39. The molecular weight excluding hydrogens is 278 g/mol.